The summed E-state index contributed by atoms with van der Waals surface area (Å²) in [5, 5.41) is 12.6. The summed E-state index contributed by atoms with van der Waals surface area (Å²) in [7, 11) is 0. The Morgan fingerprint density at radius 1 is 1.16 bits per heavy atom. The fraction of sp³-hybridized carbons (Fsp3) is 0.900. The molecule has 1 N–H and O–H groups in total. The van der Waals surface area contributed by atoms with Crippen LogP contribution in [0.15, 0.2) is 0 Å². The predicted molar refractivity (Wildman–Crippen MR) is 98.8 cm³/mol. The van der Waals surface area contributed by atoms with Crippen molar-refractivity contribution in [1.29, 1.82) is 5.26 Å². The van der Waals surface area contributed by atoms with Crippen molar-refractivity contribution in [3.05, 3.63) is 0 Å². The van der Waals surface area contributed by atoms with Crippen LogP contribution in [0.3, 0.4) is 0 Å². The molecule has 0 unspecified atom stereocenters. The molecule has 3 rings (SSSR count). The van der Waals surface area contributed by atoms with Gasteiger partial charge >= 0.3 is 0 Å². The molecule has 0 aromatic heterocycles. The Bertz CT molecular complexity index is 506. The zero-order chi connectivity index (χ0) is 18.0. The van der Waals surface area contributed by atoms with Crippen LogP contribution in [-0.4, -0.2) is 60.5 Å². The second-order valence-electron chi connectivity index (χ2n) is 8.82. The molecule has 0 spiro atoms. The van der Waals surface area contributed by atoms with Crippen molar-refractivity contribution in [1.82, 2.24) is 15.1 Å². The van der Waals surface area contributed by atoms with Crippen molar-refractivity contribution in [2.45, 2.75) is 58.5 Å². The first-order valence-electron chi connectivity index (χ1n) is 10.1. The van der Waals surface area contributed by atoms with Gasteiger partial charge < -0.3 is 5.32 Å². The van der Waals surface area contributed by atoms with E-state index in [0.29, 0.717) is 24.4 Å². The molecule has 0 aromatic rings. The molecule has 0 radical (unpaired) electrons. The van der Waals surface area contributed by atoms with Crippen LogP contribution in [0, 0.1) is 35.0 Å². The molecular formula is C20H34N4O. The molecule has 1 heterocycles. The van der Waals surface area contributed by atoms with Crippen molar-refractivity contribution in [3.8, 4) is 6.07 Å². The predicted octanol–water partition coefficient (Wildman–Crippen LogP) is 2.09. The van der Waals surface area contributed by atoms with Gasteiger partial charge in [-0.15, -0.1) is 0 Å². The van der Waals surface area contributed by atoms with Crippen LogP contribution in [-0.2, 0) is 4.79 Å². The van der Waals surface area contributed by atoms with E-state index < -0.39 is 0 Å². The number of nitrogens with zero attached hydrogens (tertiary/aromatic N) is 3. The van der Waals surface area contributed by atoms with Crippen LogP contribution in [0.25, 0.3) is 0 Å². The molecule has 2 bridgehead atoms. The lowest BCUT2D eigenvalue weighted by molar-refractivity contribution is -0.123. The van der Waals surface area contributed by atoms with Crippen molar-refractivity contribution in [3.63, 3.8) is 0 Å². The molecule has 1 aliphatic heterocycles. The summed E-state index contributed by atoms with van der Waals surface area (Å²) in [6.07, 6.45) is 5.48. The smallest absolute Gasteiger partial charge is 0.234 e. The fourth-order valence-electron chi connectivity index (χ4n) is 5.37. The summed E-state index contributed by atoms with van der Waals surface area (Å²) < 4.78 is 0. The van der Waals surface area contributed by atoms with Crippen molar-refractivity contribution >= 4 is 5.91 Å². The van der Waals surface area contributed by atoms with Gasteiger partial charge in [-0.3, -0.25) is 14.6 Å². The number of piperazine rings is 1. The number of nitriles is 1. The Morgan fingerprint density at radius 2 is 1.88 bits per heavy atom. The number of hydrogen-bond donors (Lipinski definition) is 1. The number of carbonyl (C=O) groups excluding carboxylic acids is 1. The normalized spacial score (nSPS) is 32.5. The number of carbonyl (C=O) groups is 1. The molecule has 1 saturated heterocycles. The van der Waals surface area contributed by atoms with E-state index in [9.17, 15) is 10.1 Å². The molecule has 2 aliphatic carbocycles. The number of fused-ring (bicyclic) bond motifs is 2. The highest BCUT2D eigenvalue weighted by Gasteiger charge is 2.42. The summed E-state index contributed by atoms with van der Waals surface area (Å²) in [4.78, 5) is 16.9. The van der Waals surface area contributed by atoms with Gasteiger partial charge in [-0.05, 0) is 49.9 Å². The molecule has 5 atom stereocenters. The number of rotatable bonds is 6. The van der Waals surface area contributed by atoms with Crippen molar-refractivity contribution in [2.75, 3.05) is 32.7 Å². The van der Waals surface area contributed by atoms with Gasteiger partial charge in [-0.2, -0.15) is 5.26 Å². The highest BCUT2D eigenvalue weighted by molar-refractivity contribution is 5.78. The van der Waals surface area contributed by atoms with Gasteiger partial charge in [0.1, 0.15) is 6.04 Å². The van der Waals surface area contributed by atoms with E-state index in [1.54, 1.807) is 0 Å². The number of hydrogen-bond acceptors (Lipinski definition) is 4. The second kappa shape index (κ2) is 8.05. The lowest BCUT2D eigenvalue weighted by Gasteiger charge is -2.38. The first-order chi connectivity index (χ1) is 12.0. The Labute approximate surface area is 152 Å². The van der Waals surface area contributed by atoms with Gasteiger partial charge in [0.25, 0.3) is 0 Å². The topological polar surface area (TPSA) is 59.4 Å². The molecule has 3 aliphatic rings. The fourth-order valence-corrected chi connectivity index (χ4v) is 5.37. The van der Waals surface area contributed by atoms with Gasteiger partial charge in [-0.25, -0.2) is 0 Å². The van der Waals surface area contributed by atoms with E-state index in [0.717, 1.165) is 38.0 Å². The van der Waals surface area contributed by atoms with Crippen LogP contribution in [0.4, 0.5) is 0 Å². The molecule has 5 nitrogen and oxygen atoms in total. The molecule has 3 fully saturated rings. The van der Waals surface area contributed by atoms with E-state index >= 15 is 0 Å². The highest BCUT2D eigenvalue weighted by atomic mass is 16.2. The van der Waals surface area contributed by atoms with Crippen molar-refractivity contribution in [2.24, 2.45) is 23.7 Å². The molecule has 5 heteroatoms. The third kappa shape index (κ3) is 4.35. The van der Waals surface area contributed by atoms with Gasteiger partial charge in [0.2, 0.25) is 5.91 Å². The summed E-state index contributed by atoms with van der Waals surface area (Å²) in [5.74, 6) is 2.99. The Hall–Kier alpha value is -1.12. The standard InChI is InChI=1S/C20H34N4O/c1-14(2)19(12-21)24-8-6-23(7-9-24)13-20(25)22-15(3)18-11-16-4-5-17(18)10-16/h14-19H,4-11,13H2,1-3H3,(H,22,25)/t15-,16-,17-,18+,19-/m0/s1. The SMILES string of the molecule is CC(C)[C@H](C#N)N1CCN(CC(=O)N[C@@H](C)[C@H]2C[C@H]3CC[C@H]2C3)CC1. The maximum absolute atomic E-state index is 12.4. The lowest BCUT2D eigenvalue weighted by Crippen LogP contribution is -2.54. The molecular weight excluding hydrogens is 312 g/mol. The minimum atomic E-state index is -0.00575. The quantitative estimate of drug-likeness (QED) is 0.800. The van der Waals surface area contributed by atoms with Crippen LogP contribution >= 0.6 is 0 Å². The monoisotopic (exact) mass is 346 g/mol. The Kier molecular flexibility index (Phi) is 6.01. The first kappa shape index (κ1) is 18.7. The number of nitrogens with one attached hydrogen (secondary N) is 1. The van der Waals surface area contributed by atoms with Crippen LogP contribution < -0.4 is 5.32 Å². The molecule has 25 heavy (non-hydrogen) atoms. The van der Waals surface area contributed by atoms with Gasteiger partial charge in [0.05, 0.1) is 12.6 Å². The van der Waals surface area contributed by atoms with Crippen LogP contribution in [0.1, 0.15) is 46.5 Å². The number of amides is 1. The van der Waals surface area contributed by atoms with Crippen LogP contribution in [0.5, 0.6) is 0 Å². The summed E-state index contributed by atoms with van der Waals surface area (Å²) in [6.45, 7) is 10.4. The Balaban J connectivity index is 1.40. The minimum Gasteiger partial charge on any atom is -0.352 e. The molecule has 0 aromatic carbocycles. The zero-order valence-corrected chi connectivity index (χ0v) is 16.1. The van der Waals surface area contributed by atoms with E-state index in [-0.39, 0.29) is 11.9 Å². The van der Waals surface area contributed by atoms with E-state index in [1.807, 2.05) is 0 Å². The third-order valence-electron chi connectivity index (χ3n) is 6.75. The Morgan fingerprint density at radius 3 is 2.40 bits per heavy atom. The molecule has 140 valence electrons. The summed E-state index contributed by atoms with van der Waals surface area (Å²) in [5.41, 5.74) is 0. The summed E-state index contributed by atoms with van der Waals surface area (Å²) in [6, 6.07) is 2.73. The largest absolute Gasteiger partial charge is 0.352 e. The summed E-state index contributed by atoms with van der Waals surface area (Å²) >= 11 is 0. The van der Waals surface area contributed by atoms with E-state index in [1.165, 1.54) is 25.7 Å². The zero-order valence-electron chi connectivity index (χ0n) is 16.1. The van der Waals surface area contributed by atoms with Crippen LogP contribution in [0.2, 0.25) is 0 Å². The molecule has 1 amide bonds. The maximum atomic E-state index is 12.4. The van der Waals surface area contributed by atoms with Gasteiger partial charge in [-0.1, -0.05) is 20.3 Å². The van der Waals surface area contributed by atoms with E-state index in [2.05, 4.69) is 42.0 Å². The average molecular weight is 347 g/mol. The maximum Gasteiger partial charge on any atom is 0.234 e. The minimum absolute atomic E-state index is 0.00575. The van der Waals surface area contributed by atoms with Gasteiger partial charge in [0.15, 0.2) is 0 Å². The van der Waals surface area contributed by atoms with Crippen molar-refractivity contribution < 1.29 is 4.79 Å². The highest BCUT2D eigenvalue weighted by Crippen LogP contribution is 2.49. The second-order valence-corrected chi connectivity index (χ2v) is 8.82. The molecule has 2 saturated carbocycles. The van der Waals surface area contributed by atoms with Gasteiger partial charge in [0, 0.05) is 32.2 Å². The lowest BCUT2D eigenvalue weighted by atomic mass is 9.84. The average Bonchev–Trinajstić information content (AvgIpc) is 3.20. The third-order valence-corrected chi connectivity index (χ3v) is 6.75. The van der Waals surface area contributed by atoms with E-state index in [4.69, 9.17) is 0 Å². The first-order valence-corrected chi connectivity index (χ1v) is 10.1.